The zero-order chi connectivity index (χ0) is 15.4. The molecule has 0 aromatic heterocycles. The van der Waals surface area contributed by atoms with Gasteiger partial charge in [0.15, 0.2) is 0 Å². The van der Waals surface area contributed by atoms with Crippen molar-refractivity contribution in [1.82, 2.24) is 4.72 Å². The maximum Gasteiger partial charge on any atom is 0.270 e. The third-order valence-corrected chi connectivity index (χ3v) is 4.27. The standard InChI is InChI=1S/C12H18N2O5S/c1-12(2,6-7-15)9-13-20(18,19)11-5-3-4-10(8-11)14(16)17/h3-5,8,13,15H,6-7,9H2,1-2H3. The molecule has 0 amide bonds. The summed E-state index contributed by atoms with van der Waals surface area (Å²) in [5.41, 5.74) is -0.676. The minimum absolute atomic E-state index is 0.0362. The smallest absolute Gasteiger partial charge is 0.270 e. The minimum atomic E-state index is -3.80. The van der Waals surface area contributed by atoms with Crippen LogP contribution < -0.4 is 4.72 Å². The number of hydrogen-bond donors (Lipinski definition) is 2. The molecule has 7 nitrogen and oxygen atoms in total. The molecule has 0 spiro atoms. The number of sulfonamides is 1. The van der Waals surface area contributed by atoms with Crippen molar-refractivity contribution in [2.45, 2.75) is 25.2 Å². The molecule has 0 radical (unpaired) electrons. The highest BCUT2D eigenvalue weighted by Gasteiger charge is 2.23. The summed E-state index contributed by atoms with van der Waals surface area (Å²) in [6, 6.07) is 4.87. The summed E-state index contributed by atoms with van der Waals surface area (Å²) in [4.78, 5) is 9.85. The molecule has 8 heteroatoms. The predicted molar refractivity (Wildman–Crippen MR) is 73.8 cm³/mol. The molecule has 112 valence electrons. The highest BCUT2D eigenvalue weighted by atomic mass is 32.2. The molecule has 0 bridgehead atoms. The molecule has 0 unspecified atom stereocenters. The average molecular weight is 302 g/mol. The lowest BCUT2D eigenvalue weighted by molar-refractivity contribution is -0.385. The first-order chi connectivity index (χ1) is 9.18. The van der Waals surface area contributed by atoms with Crippen molar-refractivity contribution in [2.75, 3.05) is 13.2 Å². The quantitative estimate of drug-likeness (QED) is 0.582. The lowest BCUT2D eigenvalue weighted by Gasteiger charge is -2.23. The van der Waals surface area contributed by atoms with E-state index in [9.17, 15) is 18.5 Å². The van der Waals surface area contributed by atoms with Crippen molar-refractivity contribution in [3.05, 3.63) is 34.4 Å². The van der Waals surface area contributed by atoms with Gasteiger partial charge in [-0.1, -0.05) is 19.9 Å². The fourth-order valence-electron chi connectivity index (χ4n) is 1.53. The van der Waals surface area contributed by atoms with E-state index >= 15 is 0 Å². The summed E-state index contributed by atoms with van der Waals surface area (Å²) >= 11 is 0. The second-order valence-electron chi connectivity index (χ2n) is 5.22. The third kappa shape index (κ3) is 4.55. The first kappa shape index (κ1) is 16.5. The Morgan fingerprint density at radius 2 is 2.05 bits per heavy atom. The van der Waals surface area contributed by atoms with Gasteiger partial charge in [-0.25, -0.2) is 13.1 Å². The van der Waals surface area contributed by atoms with Crippen LogP contribution >= 0.6 is 0 Å². The Morgan fingerprint density at radius 3 is 2.60 bits per heavy atom. The zero-order valence-corrected chi connectivity index (χ0v) is 12.2. The summed E-state index contributed by atoms with van der Waals surface area (Å²) in [6.07, 6.45) is 0.449. The number of aliphatic hydroxyl groups is 1. The lowest BCUT2D eigenvalue weighted by atomic mass is 9.90. The van der Waals surface area contributed by atoms with Gasteiger partial charge in [0.25, 0.3) is 5.69 Å². The Kier molecular flexibility index (Phi) is 5.21. The van der Waals surface area contributed by atoms with E-state index in [1.54, 1.807) is 0 Å². The third-order valence-electron chi connectivity index (χ3n) is 2.87. The number of nitro groups is 1. The molecule has 0 fully saturated rings. The Balaban J connectivity index is 2.89. The minimum Gasteiger partial charge on any atom is -0.396 e. The second-order valence-corrected chi connectivity index (χ2v) is 6.98. The van der Waals surface area contributed by atoms with E-state index < -0.39 is 20.4 Å². The first-order valence-corrected chi connectivity index (χ1v) is 7.51. The summed E-state index contributed by atoms with van der Waals surface area (Å²) in [5, 5.41) is 19.5. The number of rotatable bonds is 7. The molecule has 0 aliphatic heterocycles. The number of nitro benzene ring substituents is 1. The largest absolute Gasteiger partial charge is 0.396 e. The van der Waals surface area contributed by atoms with Gasteiger partial charge >= 0.3 is 0 Å². The lowest BCUT2D eigenvalue weighted by Crippen LogP contribution is -2.34. The van der Waals surface area contributed by atoms with Crippen LogP contribution in [0.15, 0.2) is 29.2 Å². The number of benzene rings is 1. The van der Waals surface area contributed by atoms with E-state index in [1.807, 2.05) is 13.8 Å². The van der Waals surface area contributed by atoms with Crippen molar-refractivity contribution < 1.29 is 18.4 Å². The van der Waals surface area contributed by atoms with E-state index in [0.717, 1.165) is 6.07 Å². The van der Waals surface area contributed by atoms with E-state index in [0.29, 0.717) is 6.42 Å². The number of nitrogens with zero attached hydrogens (tertiary/aromatic N) is 1. The van der Waals surface area contributed by atoms with E-state index in [1.165, 1.54) is 18.2 Å². The van der Waals surface area contributed by atoms with Gasteiger partial charge in [-0.05, 0) is 17.9 Å². The average Bonchev–Trinajstić information content (AvgIpc) is 2.37. The molecule has 1 rings (SSSR count). The summed E-state index contributed by atoms with van der Waals surface area (Å²) in [5.74, 6) is 0. The summed E-state index contributed by atoms with van der Waals surface area (Å²) < 4.78 is 26.5. The molecule has 20 heavy (non-hydrogen) atoms. The Morgan fingerprint density at radius 1 is 1.40 bits per heavy atom. The van der Waals surface area contributed by atoms with Gasteiger partial charge in [0.05, 0.1) is 9.82 Å². The van der Waals surface area contributed by atoms with E-state index in [4.69, 9.17) is 5.11 Å². The fraction of sp³-hybridized carbons (Fsp3) is 0.500. The number of aliphatic hydroxyl groups excluding tert-OH is 1. The van der Waals surface area contributed by atoms with Crippen LogP contribution in [0.25, 0.3) is 0 Å². The molecular weight excluding hydrogens is 284 g/mol. The van der Waals surface area contributed by atoms with Gasteiger partial charge < -0.3 is 5.11 Å². The second kappa shape index (κ2) is 6.29. The van der Waals surface area contributed by atoms with Crippen LogP contribution in [0.5, 0.6) is 0 Å². The topological polar surface area (TPSA) is 110 Å². The van der Waals surface area contributed by atoms with Crippen LogP contribution in [0, 0.1) is 15.5 Å². The van der Waals surface area contributed by atoms with Crippen molar-refractivity contribution in [3.8, 4) is 0 Å². The van der Waals surface area contributed by atoms with Crippen molar-refractivity contribution >= 4 is 15.7 Å². The van der Waals surface area contributed by atoms with Crippen LogP contribution in [0.3, 0.4) is 0 Å². The first-order valence-electron chi connectivity index (χ1n) is 6.03. The van der Waals surface area contributed by atoms with Crippen molar-refractivity contribution in [3.63, 3.8) is 0 Å². The van der Waals surface area contributed by atoms with Crippen LogP contribution in [0.4, 0.5) is 5.69 Å². The van der Waals surface area contributed by atoms with Gasteiger partial charge in [-0.2, -0.15) is 0 Å². The van der Waals surface area contributed by atoms with Gasteiger partial charge in [-0.3, -0.25) is 10.1 Å². The van der Waals surface area contributed by atoms with Gasteiger partial charge in [0, 0.05) is 25.3 Å². The molecular formula is C12H18N2O5S. The monoisotopic (exact) mass is 302 g/mol. The highest BCUT2D eigenvalue weighted by molar-refractivity contribution is 7.89. The van der Waals surface area contributed by atoms with E-state index in [2.05, 4.69) is 4.72 Å². The molecule has 0 saturated carbocycles. The maximum atomic E-state index is 12.1. The number of nitrogens with one attached hydrogen (secondary N) is 1. The summed E-state index contributed by atoms with van der Waals surface area (Å²) in [7, 11) is -3.80. The maximum absolute atomic E-state index is 12.1. The van der Waals surface area contributed by atoms with Crippen LogP contribution in [0.2, 0.25) is 0 Å². The Hall–Kier alpha value is -1.51. The normalized spacial score (nSPS) is 12.3. The Labute approximate surface area is 117 Å². The number of non-ortho nitro benzene ring substituents is 1. The fourth-order valence-corrected chi connectivity index (χ4v) is 2.81. The molecule has 0 atom stereocenters. The molecule has 2 N–H and O–H groups in total. The predicted octanol–water partition coefficient (Wildman–Crippen LogP) is 1.28. The van der Waals surface area contributed by atoms with Crippen molar-refractivity contribution in [2.24, 2.45) is 5.41 Å². The molecule has 0 aliphatic rings. The SMILES string of the molecule is CC(C)(CCO)CNS(=O)(=O)c1cccc([N+](=O)[O-])c1. The Bertz CT molecular complexity index is 583. The van der Waals surface area contributed by atoms with Crippen molar-refractivity contribution in [1.29, 1.82) is 0 Å². The van der Waals surface area contributed by atoms with Gasteiger partial charge in [0.1, 0.15) is 0 Å². The van der Waals surface area contributed by atoms with Gasteiger partial charge in [-0.15, -0.1) is 0 Å². The molecule has 1 aromatic carbocycles. The molecule has 0 aliphatic carbocycles. The van der Waals surface area contributed by atoms with E-state index in [-0.39, 0.29) is 23.7 Å². The summed E-state index contributed by atoms with van der Waals surface area (Å²) in [6.45, 7) is 3.74. The van der Waals surface area contributed by atoms with Crippen LogP contribution in [-0.2, 0) is 10.0 Å². The molecule has 0 heterocycles. The zero-order valence-electron chi connectivity index (χ0n) is 11.4. The highest BCUT2D eigenvalue weighted by Crippen LogP contribution is 2.21. The number of hydrogen-bond acceptors (Lipinski definition) is 5. The molecule has 0 saturated heterocycles. The van der Waals surface area contributed by atoms with Crippen LogP contribution in [0.1, 0.15) is 20.3 Å². The van der Waals surface area contributed by atoms with Crippen LogP contribution in [-0.4, -0.2) is 31.6 Å². The molecule has 1 aromatic rings. The van der Waals surface area contributed by atoms with Gasteiger partial charge in [0.2, 0.25) is 10.0 Å².